The van der Waals surface area contributed by atoms with E-state index in [1.54, 1.807) is 19.2 Å². The monoisotopic (exact) mass is 412 g/mol. The Bertz CT molecular complexity index is 783. The summed E-state index contributed by atoms with van der Waals surface area (Å²) in [5.74, 6) is -0.692. The molecule has 1 N–H and O–H groups in total. The fraction of sp³-hybridized carbons (Fsp3) is 0.188. The second-order valence-electron chi connectivity index (χ2n) is 4.60. The maximum Gasteiger partial charge on any atom is 0.341 e. The Labute approximate surface area is 152 Å². The van der Waals surface area contributed by atoms with Crippen LogP contribution < -0.4 is 10.1 Å². The van der Waals surface area contributed by atoms with Crippen LogP contribution in [0, 0.1) is 0 Å². The first kappa shape index (κ1) is 18.2. The Morgan fingerprint density at radius 2 is 2.04 bits per heavy atom. The SMILES string of the molecule is CCOC(=O)c1cc(Cl)c(NC(=O)c2cncc(Br)c2)cc1OC. The molecule has 1 amide bonds. The molecule has 0 aliphatic heterocycles. The number of rotatable bonds is 5. The third kappa shape index (κ3) is 4.24. The number of hydrogen-bond acceptors (Lipinski definition) is 5. The highest BCUT2D eigenvalue weighted by atomic mass is 79.9. The number of amides is 1. The molecule has 0 saturated carbocycles. The number of pyridine rings is 1. The van der Waals surface area contributed by atoms with Crippen molar-refractivity contribution in [2.45, 2.75) is 6.92 Å². The van der Waals surface area contributed by atoms with Gasteiger partial charge in [0.25, 0.3) is 5.91 Å². The molecule has 0 radical (unpaired) electrons. The summed E-state index contributed by atoms with van der Waals surface area (Å²) in [6.07, 6.45) is 3.00. The number of carbonyl (C=O) groups excluding carboxylic acids is 2. The van der Waals surface area contributed by atoms with Crippen LogP contribution in [0.4, 0.5) is 5.69 Å². The van der Waals surface area contributed by atoms with Crippen LogP contribution in [0.15, 0.2) is 35.1 Å². The predicted octanol–water partition coefficient (Wildman–Crippen LogP) is 3.94. The summed E-state index contributed by atoms with van der Waals surface area (Å²) < 4.78 is 10.8. The van der Waals surface area contributed by atoms with Crippen molar-refractivity contribution >= 4 is 45.1 Å². The Kier molecular flexibility index (Phi) is 6.16. The maximum absolute atomic E-state index is 12.3. The minimum absolute atomic E-state index is 0.187. The molecule has 6 nitrogen and oxygen atoms in total. The van der Waals surface area contributed by atoms with E-state index in [0.717, 1.165) is 0 Å². The number of nitrogens with one attached hydrogen (secondary N) is 1. The molecule has 1 aromatic carbocycles. The highest BCUT2D eigenvalue weighted by molar-refractivity contribution is 9.10. The van der Waals surface area contributed by atoms with E-state index in [0.29, 0.717) is 15.7 Å². The van der Waals surface area contributed by atoms with Gasteiger partial charge in [-0.15, -0.1) is 0 Å². The van der Waals surface area contributed by atoms with E-state index in [-0.39, 0.29) is 22.9 Å². The summed E-state index contributed by atoms with van der Waals surface area (Å²) in [5, 5.41) is 2.85. The molecule has 0 spiro atoms. The number of carbonyl (C=O) groups is 2. The summed E-state index contributed by atoms with van der Waals surface area (Å²) >= 11 is 9.42. The van der Waals surface area contributed by atoms with Crippen LogP contribution in [0.1, 0.15) is 27.6 Å². The maximum atomic E-state index is 12.3. The van der Waals surface area contributed by atoms with Gasteiger partial charge in [-0.1, -0.05) is 11.6 Å². The first-order valence-electron chi connectivity index (χ1n) is 6.92. The van der Waals surface area contributed by atoms with Crippen LogP contribution in [0.3, 0.4) is 0 Å². The molecule has 0 fully saturated rings. The first-order chi connectivity index (χ1) is 11.5. The molecule has 126 valence electrons. The van der Waals surface area contributed by atoms with Gasteiger partial charge < -0.3 is 14.8 Å². The van der Waals surface area contributed by atoms with Gasteiger partial charge in [0.15, 0.2) is 0 Å². The second-order valence-corrected chi connectivity index (χ2v) is 5.92. The lowest BCUT2D eigenvalue weighted by Crippen LogP contribution is -2.14. The van der Waals surface area contributed by atoms with Gasteiger partial charge in [-0.2, -0.15) is 0 Å². The molecular formula is C16H14BrClN2O4. The average Bonchev–Trinajstić information content (AvgIpc) is 2.56. The zero-order valence-electron chi connectivity index (χ0n) is 12.9. The van der Waals surface area contributed by atoms with E-state index in [1.165, 1.54) is 25.4 Å². The van der Waals surface area contributed by atoms with Crippen LogP contribution in [0.25, 0.3) is 0 Å². The molecule has 0 aliphatic carbocycles. The van der Waals surface area contributed by atoms with Crippen LogP contribution in [-0.4, -0.2) is 30.6 Å². The molecule has 0 aliphatic rings. The Morgan fingerprint density at radius 1 is 1.29 bits per heavy atom. The van der Waals surface area contributed by atoms with Gasteiger partial charge in [-0.25, -0.2) is 4.79 Å². The number of nitrogens with zero attached hydrogens (tertiary/aromatic N) is 1. The van der Waals surface area contributed by atoms with E-state index in [1.807, 2.05) is 0 Å². The molecule has 24 heavy (non-hydrogen) atoms. The van der Waals surface area contributed by atoms with Crippen molar-refractivity contribution in [3.63, 3.8) is 0 Å². The summed E-state index contributed by atoms with van der Waals surface area (Å²) in [6, 6.07) is 4.49. The fourth-order valence-electron chi connectivity index (χ4n) is 1.92. The normalized spacial score (nSPS) is 10.2. The van der Waals surface area contributed by atoms with Gasteiger partial charge in [0.05, 0.1) is 30.0 Å². The van der Waals surface area contributed by atoms with Gasteiger partial charge >= 0.3 is 5.97 Å². The molecule has 0 unspecified atom stereocenters. The highest BCUT2D eigenvalue weighted by Crippen LogP contribution is 2.32. The molecule has 2 rings (SSSR count). The quantitative estimate of drug-likeness (QED) is 0.751. The molecule has 1 heterocycles. The van der Waals surface area contributed by atoms with Crippen molar-refractivity contribution in [2.24, 2.45) is 0 Å². The van der Waals surface area contributed by atoms with Gasteiger partial charge in [-0.05, 0) is 35.0 Å². The lowest BCUT2D eigenvalue weighted by atomic mass is 10.1. The van der Waals surface area contributed by atoms with Gasteiger partial charge in [0, 0.05) is 22.9 Å². The number of aromatic nitrogens is 1. The van der Waals surface area contributed by atoms with E-state index in [2.05, 4.69) is 26.2 Å². The number of ether oxygens (including phenoxy) is 2. The summed E-state index contributed by atoms with van der Waals surface area (Å²) in [4.78, 5) is 28.1. The number of methoxy groups -OCH3 is 1. The zero-order valence-corrected chi connectivity index (χ0v) is 15.3. The summed E-state index contributed by atoms with van der Waals surface area (Å²) in [7, 11) is 1.41. The summed E-state index contributed by atoms with van der Waals surface area (Å²) in [5.41, 5.74) is 0.854. The van der Waals surface area contributed by atoms with Crippen LogP contribution in [0.5, 0.6) is 5.75 Å². The van der Waals surface area contributed by atoms with Gasteiger partial charge in [0.1, 0.15) is 11.3 Å². The first-order valence-corrected chi connectivity index (χ1v) is 8.10. The van der Waals surface area contributed by atoms with E-state index >= 15 is 0 Å². The number of hydrogen-bond donors (Lipinski definition) is 1. The average molecular weight is 414 g/mol. The number of benzene rings is 1. The van der Waals surface area contributed by atoms with Crippen molar-refractivity contribution in [2.75, 3.05) is 19.0 Å². The number of esters is 1. The van der Waals surface area contributed by atoms with E-state index in [4.69, 9.17) is 21.1 Å². The third-order valence-corrected chi connectivity index (χ3v) is 3.75. The van der Waals surface area contributed by atoms with Crippen LogP contribution >= 0.6 is 27.5 Å². The molecule has 0 bridgehead atoms. The fourth-order valence-corrected chi connectivity index (χ4v) is 2.49. The minimum Gasteiger partial charge on any atom is -0.496 e. The summed E-state index contributed by atoms with van der Waals surface area (Å²) in [6.45, 7) is 1.93. The molecule has 0 saturated heterocycles. The number of anilines is 1. The van der Waals surface area contributed by atoms with Crippen molar-refractivity contribution in [3.8, 4) is 5.75 Å². The molecule has 1 aromatic heterocycles. The molecule has 2 aromatic rings. The van der Waals surface area contributed by atoms with Crippen LogP contribution in [-0.2, 0) is 4.74 Å². The standard InChI is InChI=1S/C16H14BrClN2O4/c1-3-24-16(22)11-5-12(18)13(6-14(11)23-2)20-15(21)9-4-10(17)8-19-7-9/h4-8H,3H2,1-2H3,(H,20,21). The lowest BCUT2D eigenvalue weighted by molar-refractivity contribution is 0.0522. The van der Waals surface area contributed by atoms with Crippen LogP contribution in [0.2, 0.25) is 5.02 Å². The predicted molar refractivity (Wildman–Crippen MR) is 93.9 cm³/mol. The lowest BCUT2D eigenvalue weighted by Gasteiger charge is -2.13. The topological polar surface area (TPSA) is 77.5 Å². The van der Waals surface area contributed by atoms with E-state index < -0.39 is 11.9 Å². The third-order valence-electron chi connectivity index (χ3n) is 3.00. The van der Waals surface area contributed by atoms with Gasteiger partial charge in [0.2, 0.25) is 0 Å². The Hall–Kier alpha value is -2.12. The Balaban J connectivity index is 2.31. The minimum atomic E-state index is -0.551. The smallest absolute Gasteiger partial charge is 0.341 e. The molecule has 0 atom stereocenters. The molecule has 8 heteroatoms. The highest BCUT2D eigenvalue weighted by Gasteiger charge is 2.18. The van der Waals surface area contributed by atoms with Crippen molar-refractivity contribution in [3.05, 3.63) is 51.2 Å². The van der Waals surface area contributed by atoms with E-state index in [9.17, 15) is 9.59 Å². The number of halogens is 2. The van der Waals surface area contributed by atoms with Gasteiger partial charge in [-0.3, -0.25) is 9.78 Å². The Morgan fingerprint density at radius 3 is 2.67 bits per heavy atom. The van der Waals surface area contributed by atoms with Crippen molar-refractivity contribution in [1.82, 2.24) is 4.98 Å². The second kappa shape index (κ2) is 8.12. The molecular weight excluding hydrogens is 400 g/mol. The largest absolute Gasteiger partial charge is 0.496 e. The zero-order chi connectivity index (χ0) is 17.7. The van der Waals surface area contributed by atoms with Crippen molar-refractivity contribution < 1.29 is 19.1 Å². The van der Waals surface area contributed by atoms with Crippen molar-refractivity contribution in [1.29, 1.82) is 0 Å².